The molecule has 0 aliphatic carbocycles. The number of benzene rings is 1. The third-order valence-corrected chi connectivity index (χ3v) is 7.95. The Morgan fingerprint density at radius 2 is 1.92 bits per heavy atom. The van der Waals surface area contributed by atoms with Gasteiger partial charge in [0.05, 0.1) is 18.3 Å². The average Bonchev–Trinajstić information content (AvgIpc) is 3.00. The van der Waals surface area contributed by atoms with Crippen LogP contribution in [0, 0.1) is 11.3 Å². The molecule has 2 saturated heterocycles. The highest BCUT2D eigenvalue weighted by Crippen LogP contribution is 2.20. The predicted molar refractivity (Wildman–Crippen MR) is 135 cm³/mol. The van der Waals surface area contributed by atoms with Crippen LogP contribution < -0.4 is 15.8 Å². The molecule has 2 aliphatic heterocycles. The molecule has 2 heterocycles. The summed E-state index contributed by atoms with van der Waals surface area (Å²) in [5.41, 5.74) is 6.20. The van der Waals surface area contributed by atoms with E-state index in [1.54, 1.807) is 35.2 Å². The number of nitrogens with zero attached hydrogens (tertiary/aromatic N) is 2. The van der Waals surface area contributed by atoms with Gasteiger partial charge in [0.1, 0.15) is 12.3 Å². The van der Waals surface area contributed by atoms with Crippen molar-refractivity contribution >= 4 is 34.1 Å². The molecule has 0 unspecified atom stereocenters. The molecule has 5 N–H and O–H groups in total. The molecule has 12 heteroatoms. The van der Waals surface area contributed by atoms with Gasteiger partial charge in [-0.25, -0.2) is 13.1 Å². The zero-order valence-electron chi connectivity index (χ0n) is 20.4. The lowest BCUT2D eigenvalue weighted by atomic mass is 9.92. The number of piperidine rings is 1. The summed E-state index contributed by atoms with van der Waals surface area (Å²) in [6.45, 7) is 1.36. The number of carbonyl (C=O) groups is 3. The highest BCUT2D eigenvalue weighted by Gasteiger charge is 2.32. The molecule has 0 spiro atoms. The quantitative estimate of drug-likeness (QED) is 0.194. The Hall–Kier alpha value is -2.99. The van der Waals surface area contributed by atoms with Crippen molar-refractivity contribution in [3.63, 3.8) is 0 Å². The summed E-state index contributed by atoms with van der Waals surface area (Å²) in [5, 5.41) is 10.3. The first-order chi connectivity index (χ1) is 17.2. The third-order valence-electron chi connectivity index (χ3n) is 6.59. The summed E-state index contributed by atoms with van der Waals surface area (Å²) in [6, 6.07) is 7.07. The van der Waals surface area contributed by atoms with E-state index in [2.05, 4.69) is 10.0 Å². The minimum atomic E-state index is -3.76. The highest BCUT2D eigenvalue weighted by molar-refractivity contribution is 7.88. The smallest absolute Gasteiger partial charge is 0.241 e. The van der Waals surface area contributed by atoms with Gasteiger partial charge in [-0.15, -0.1) is 0 Å². The zero-order valence-corrected chi connectivity index (χ0v) is 21.2. The molecular formula is C24H36N6O5S. The minimum absolute atomic E-state index is 0.0000102. The fraction of sp³-hybridized carbons (Fsp3) is 0.583. The summed E-state index contributed by atoms with van der Waals surface area (Å²) in [4.78, 5) is 40.6. The van der Waals surface area contributed by atoms with E-state index >= 15 is 0 Å². The number of hydrogen-bond acceptors (Lipinski definition) is 6. The van der Waals surface area contributed by atoms with Gasteiger partial charge in [0.2, 0.25) is 21.8 Å². The van der Waals surface area contributed by atoms with Crippen LogP contribution >= 0.6 is 0 Å². The largest absolute Gasteiger partial charge is 0.370 e. The van der Waals surface area contributed by atoms with Gasteiger partial charge in [-0.3, -0.25) is 15.0 Å². The molecule has 2 amide bonds. The molecule has 2 aliphatic rings. The highest BCUT2D eigenvalue weighted by atomic mass is 32.2. The molecule has 0 saturated carbocycles. The predicted octanol–water partition coefficient (Wildman–Crippen LogP) is 0.166. The van der Waals surface area contributed by atoms with Crippen LogP contribution in [0.15, 0.2) is 30.3 Å². The van der Waals surface area contributed by atoms with Gasteiger partial charge in [-0.2, -0.15) is 0 Å². The Balaban J connectivity index is 1.55. The summed E-state index contributed by atoms with van der Waals surface area (Å²) < 4.78 is 27.9. The molecule has 198 valence electrons. The fourth-order valence-corrected chi connectivity index (χ4v) is 6.20. The van der Waals surface area contributed by atoms with Crippen molar-refractivity contribution < 1.29 is 22.8 Å². The Labute approximate surface area is 212 Å². The fourth-order valence-electron chi connectivity index (χ4n) is 4.83. The Kier molecular flexibility index (Phi) is 9.82. The summed E-state index contributed by atoms with van der Waals surface area (Å²) in [7, 11) is -3.76. The Morgan fingerprint density at radius 1 is 1.17 bits per heavy atom. The normalized spacial score (nSPS) is 21.9. The number of carbonyl (C=O) groups excluding carboxylic acids is 3. The molecule has 11 nitrogen and oxygen atoms in total. The lowest BCUT2D eigenvalue weighted by Crippen LogP contribution is -2.51. The van der Waals surface area contributed by atoms with Crippen molar-refractivity contribution in [2.75, 3.05) is 26.2 Å². The molecular weight excluding hydrogens is 484 g/mol. The van der Waals surface area contributed by atoms with E-state index in [0.29, 0.717) is 57.2 Å². The van der Waals surface area contributed by atoms with Crippen molar-refractivity contribution in [3.8, 4) is 0 Å². The molecule has 0 radical (unpaired) electrons. The number of amides is 2. The van der Waals surface area contributed by atoms with E-state index in [1.165, 1.54) is 4.90 Å². The number of nitrogens with one attached hydrogen (secondary N) is 3. The van der Waals surface area contributed by atoms with E-state index in [9.17, 15) is 22.8 Å². The van der Waals surface area contributed by atoms with E-state index in [-0.39, 0.29) is 24.2 Å². The number of aldehydes is 1. The molecule has 36 heavy (non-hydrogen) atoms. The van der Waals surface area contributed by atoms with E-state index in [0.717, 1.165) is 12.8 Å². The second-order valence-electron chi connectivity index (χ2n) is 9.56. The number of hydrogen-bond donors (Lipinski definition) is 4. The number of sulfonamides is 1. The maximum Gasteiger partial charge on any atom is 0.241 e. The van der Waals surface area contributed by atoms with Crippen LogP contribution in [0.2, 0.25) is 0 Å². The molecule has 0 aromatic heterocycles. The van der Waals surface area contributed by atoms with Crippen LogP contribution in [0.5, 0.6) is 0 Å². The third kappa shape index (κ3) is 8.30. The molecule has 2 fully saturated rings. The number of nitrogens with two attached hydrogens (primary N) is 1. The van der Waals surface area contributed by atoms with E-state index < -0.39 is 33.9 Å². The maximum absolute atomic E-state index is 13.1. The van der Waals surface area contributed by atoms with E-state index in [1.807, 2.05) is 0 Å². The number of likely N-dealkylation sites (tertiary alicyclic amines) is 2. The van der Waals surface area contributed by atoms with Gasteiger partial charge in [0.15, 0.2) is 5.96 Å². The van der Waals surface area contributed by atoms with Crippen LogP contribution in [0.3, 0.4) is 0 Å². The van der Waals surface area contributed by atoms with Gasteiger partial charge in [-0.05, 0) is 50.0 Å². The van der Waals surface area contributed by atoms with Crippen LogP contribution in [0.4, 0.5) is 0 Å². The Bertz CT molecular complexity index is 1030. The van der Waals surface area contributed by atoms with Gasteiger partial charge < -0.3 is 25.6 Å². The van der Waals surface area contributed by atoms with Gasteiger partial charge in [0.25, 0.3) is 0 Å². The van der Waals surface area contributed by atoms with Crippen molar-refractivity contribution in [2.45, 2.75) is 56.4 Å². The van der Waals surface area contributed by atoms with Crippen LogP contribution in [-0.2, 0) is 30.2 Å². The van der Waals surface area contributed by atoms with Crippen molar-refractivity contribution in [3.05, 3.63) is 35.9 Å². The Morgan fingerprint density at radius 3 is 2.61 bits per heavy atom. The first-order valence-electron chi connectivity index (χ1n) is 12.3. The molecule has 0 bridgehead atoms. The number of guanidine groups is 1. The molecule has 1 aromatic rings. The average molecular weight is 521 g/mol. The van der Waals surface area contributed by atoms with Crippen LogP contribution in [-0.4, -0.2) is 80.5 Å². The molecule has 3 rings (SSSR count). The SMILES string of the molecule is N=C(N)N1CCC[C@H](C[C@@H](C=O)NC(=O)CN2CCCC[C@H](NS(=O)(=O)Cc3ccccc3)C2=O)C1. The first kappa shape index (κ1) is 27.6. The van der Waals surface area contributed by atoms with Gasteiger partial charge in [-0.1, -0.05) is 30.3 Å². The summed E-state index contributed by atoms with van der Waals surface area (Å²) in [6.07, 6.45) is 4.50. The second kappa shape index (κ2) is 12.8. The van der Waals surface area contributed by atoms with Crippen LogP contribution in [0.25, 0.3) is 0 Å². The number of rotatable bonds is 10. The van der Waals surface area contributed by atoms with Gasteiger partial charge >= 0.3 is 0 Å². The summed E-state index contributed by atoms with van der Waals surface area (Å²) >= 11 is 0. The lowest BCUT2D eigenvalue weighted by Gasteiger charge is -2.34. The van der Waals surface area contributed by atoms with Crippen molar-refractivity contribution in [2.24, 2.45) is 11.7 Å². The molecule has 3 atom stereocenters. The molecule has 1 aromatic carbocycles. The maximum atomic E-state index is 13.1. The van der Waals surface area contributed by atoms with Crippen LogP contribution in [0.1, 0.15) is 44.1 Å². The van der Waals surface area contributed by atoms with Crippen molar-refractivity contribution in [1.82, 2.24) is 19.8 Å². The second-order valence-corrected chi connectivity index (χ2v) is 11.3. The minimum Gasteiger partial charge on any atom is -0.370 e. The van der Waals surface area contributed by atoms with Crippen molar-refractivity contribution in [1.29, 1.82) is 5.41 Å². The lowest BCUT2D eigenvalue weighted by molar-refractivity contribution is -0.137. The summed E-state index contributed by atoms with van der Waals surface area (Å²) in [5.74, 6) is -1.03. The van der Waals surface area contributed by atoms with Gasteiger partial charge in [0, 0.05) is 19.6 Å². The monoisotopic (exact) mass is 520 g/mol. The topological polar surface area (TPSA) is 166 Å². The zero-order chi connectivity index (χ0) is 26.1. The first-order valence-corrected chi connectivity index (χ1v) is 14.0. The standard InChI is InChI=1S/C24H36N6O5S/c25-24(26)30-12-6-9-19(14-30)13-20(16-31)27-22(32)15-29-11-5-4-10-21(23(29)33)28-36(34,35)17-18-7-2-1-3-8-18/h1-3,7-8,16,19-21,28H,4-6,9-15,17H2,(H3,25,26)(H,27,32)/t19-,20+,21+/m1/s1. The van der Waals surface area contributed by atoms with E-state index in [4.69, 9.17) is 11.1 Å².